The molecule has 4 nitrogen and oxygen atoms in total. The second kappa shape index (κ2) is 11.1. The summed E-state index contributed by atoms with van der Waals surface area (Å²) in [5.41, 5.74) is 1.87. The van der Waals surface area contributed by atoms with Crippen LogP contribution in [0.2, 0.25) is 0 Å². The summed E-state index contributed by atoms with van der Waals surface area (Å²) in [6, 6.07) is 32.1. The molecule has 4 rings (SSSR count). The number of carbonyl (C=O) groups excluding carboxylic acids is 2. The monoisotopic (exact) mass is 511 g/mol. The molecule has 0 aliphatic heterocycles. The Morgan fingerprint density at radius 2 is 1.19 bits per heavy atom. The Hall–Kier alpha value is -3.83. The third-order valence-electron chi connectivity index (χ3n) is 6.04. The van der Waals surface area contributed by atoms with Crippen LogP contribution in [0.4, 0.5) is 0 Å². The maximum Gasteiger partial charge on any atom is 0.339 e. The van der Waals surface area contributed by atoms with E-state index >= 15 is 0 Å². The fourth-order valence-electron chi connectivity index (χ4n) is 4.43. The van der Waals surface area contributed by atoms with E-state index in [1.54, 1.807) is 32.0 Å². The Labute approximate surface area is 221 Å². The minimum atomic E-state index is -1.01. The summed E-state index contributed by atoms with van der Waals surface area (Å²) < 4.78 is 11.4. The summed E-state index contributed by atoms with van der Waals surface area (Å²) in [4.78, 5) is 28.7. The fourth-order valence-corrected chi connectivity index (χ4v) is 6.69. The van der Waals surface area contributed by atoms with E-state index in [-0.39, 0.29) is 10.9 Å². The van der Waals surface area contributed by atoms with Crippen LogP contribution in [0.25, 0.3) is 0 Å². The average Bonchev–Trinajstić information content (AvgIpc) is 2.85. The standard InChI is InChI=1S/C32H31O4S/c1-22-20-27(37(25-14-8-6-9-15-25)26-16-10-7-11-17-26)21-23(2)30(22)31(34)36-32(4,5)28-18-12-13-19-29(28)35-24(3)33/h6-21H,1-5H3/q+1. The molecule has 0 bridgehead atoms. The van der Waals surface area contributed by atoms with Crippen molar-refractivity contribution in [3.63, 3.8) is 0 Å². The largest absolute Gasteiger partial charge is 0.451 e. The molecule has 5 heteroatoms. The van der Waals surface area contributed by atoms with Crippen LogP contribution < -0.4 is 4.74 Å². The minimum absolute atomic E-state index is 0.315. The van der Waals surface area contributed by atoms with Crippen molar-refractivity contribution in [1.82, 2.24) is 0 Å². The molecule has 4 aromatic carbocycles. The van der Waals surface area contributed by atoms with Gasteiger partial charge in [-0.25, -0.2) is 4.79 Å². The number of para-hydroxylation sites is 1. The van der Waals surface area contributed by atoms with Gasteiger partial charge in [-0.1, -0.05) is 54.6 Å². The van der Waals surface area contributed by atoms with Crippen molar-refractivity contribution in [3.05, 3.63) is 119 Å². The van der Waals surface area contributed by atoms with Crippen LogP contribution >= 0.6 is 0 Å². The molecular weight excluding hydrogens is 480 g/mol. The predicted molar refractivity (Wildman–Crippen MR) is 147 cm³/mol. The van der Waals surface area contributed by atoms with Crippen molar-refractivity contribution in [2.75, 3.05) is 0 Å². The zero-order chi connectivity index (χ0) is 26.6. The van der Waals surface area contributed by atoms with Gasteiger partial charge in [0, 0.05) is 12.5 Å². The molecule has 0 aliphatic carbocycles. The number of rotatable bonds is 7. The van der Waals surface area contributed by atoms with E-state index in [0.717, 1.165) is 16.0 Å². The Kier molecular flexibility index (Phi) is 7.84. The molecule has 0 spiro atoms. The number of benzene rings is 4. The Morgan fingerprint density at radius 1 is 0.703 bits per heavy atom. The highest BCUT2D eigenvalue weighted by Crippen LogP contribution is 2.36. The summed E-state index contributed by atoms with van der Waals surface area (Å²) in [7, 11) is -0.315. The maximum absolute atomic E-state index is 13.5. The molecule has 0 saturated heterocycles. The van der Waals surface area contributed by atoms with Crippen LogP contribution in [0, 0.1) is 13.8 Å². The van der Waals surface area contributed by atoms with E-state index in [9.17, 15) is 9.59 Å². The summed E-state index contributed by atoms with van der Waals surface area (Å²) in [6.45, 7) is 8.85. The highest BCUT2D eigenvalue weighted by molar-refractivity contribution is 7.97. The number of hydrogen-bond acceptors (Lipinski definition) is 4. The molecule has 0 N–H and O–H groups in total. The zero-order valence-corrected chi connectivity index (χ0v) is 22.6. The lowest BCUT2D eigenvalue weighted by atomic mass is 9.96. The van der Waals surface area contributed by atoms with Crippen molar-refractivity contribution in [3.8, 4) is 5.75 Å². The van der Waals surface area contributed by atoms with E-state index < -0.39 is 17.5 Å². The molecule has 0 radical (unpaired) electrons. The van der Waals surface area contributed by atoms with Crippen LogP contribution in [0.5, 0.6) is 5.75 Å². The van der Waals surface area contributed by atoms with Crippen LogP contribution in [0.1, 0.15) is 47.8 Å². The van der Waals surface area contributed by atoms with Gasteiger partial charge < -0.3 is 9.47 Å². The van der Waals surface area contributed by atoms with E-state index in [1.165, 1.54) is 16.7 Å². The molecule has 0 saturated carbocycles. The lowest BCUT2D eigenvalue weighted by molar-refractivity contribution is -0.132. The number of hydrogen-bond donors (Lipinski definition) is 0. The normalized spacial score (nSPS) is 11.3. The second-order valence-corrected chi connectivity index (χ2v) is 11.4. The molecule has 188 valence electrons. The van der Waals surface area contributed by atoms with Crippen molar-refractivity contribution in [2.45, 2.75) is 54.9 Å². The molecule has 0 fully saturated rings. The van der Waals surface area contributed by atoms with E-state index in [2.05, 4.69) is 60.7 Å². The summed E-state index contributed by atoms with van der Waals surface area (Å²) in [6.07, 6.45) is 0. The predicted octanol–water partition coefficient (Wildman–Crippen LogP) is 7.42. The quantitative estimate of drug-likeness (QED) is 0.147. The molecule has 0 amide bonds. The van der Waals surface area contributed by atoms with Gasteiger partial charge in [-0.15, -0.1) is 0 Å². The van der Waals surface area contributed by atoms with Gasteiger partial charge in [0.05, 0.1) is 16.5 Å². The number of ether oxygens (including phenoxy) is 2. The highest BCUT2D eigenvalue weighted by Gasteiger charge is 2.33. The van der Waals surface area contributed by atoms with Gasteiger partial charge in [0.2, 0.25) is 0 Å². The van der Waals surface area contributed by atoms with Crippen LogP contribution in [-0.4, -0.2) is 11.9 Å². The number of carbonyl (C=O) groups is 2. The Bertz CT molecular complexity index is 1350. The van der Waals surface area contributed by atoms with Crippen molar-refractivity contribution in [2.24, 2.45) is 0 Å². The van der Waals surface area contributed by atoms with Crippen LogP contribution in [0.3, 0.4) is 0 Å². The number of aryl methyl sites for hydroxylation is 2. The van der Waals surface area contributed by atoms with E-state index in [0.29, 0.717) is 16.9 Å². The molecule has 0 unspecified atom stereocenters. The maximum atomic E-state index is 13.5. The van der Waals surface area contributed by atoms with Gasteiger partial charge in [0.25, 0.3) is 0 Å². The first-order chi connectivity index (χ1) is 17.7. The SMILES string of the molecule is CC(=O)Oc1ccccc1C(C)(C)OC(=O)c1c(C)cc([S+](c2ccccc2)c2ccccc2)cc1C. The molecule has 0 aliphatic rings. The molecule has 4 aromatic rings. The number of esters is 2. The van der Waals surface area contributed by atoms with Crippen LogP contribution in [-0.2, 0) is 26.0 Å². The zero-order valence-electron chi connectivity index (χ0n) is 21.8. The minimum Gasteiger partial charge on any atom is -0.451 e. The fraction of sp³-hybridized carbons (Fsp3) is 0.188. The van der Waals surface area contributed by atoms with Gasteiger partial charge in [-0.2, -0.15) is 0 Å². The van der Waals surface area contributed by atoms with Gasteiger partial charge in [0.15, 0.2) is 14.7 Å². The smallest absolute Gasteiger partial charge is 0.339 e. The first-order valence-electron chi connectivity index (χ1n) is 12.1. The third kappa shape index (κ3) is 5.95. The van der Waals surface area contributed by atoms with Crippen LogP contribution in [0.15, 0.2) is 112 Å². The van der Waals surface area contributed by atoms with Gasteiger partial charge >= 0.3 is 11.9 Å². The van der Waals surface area contributed by atoms with Gasteiger partial charge in [-0.05, 0) is 81.3 Å². The van der Waals surface area contributed by atoms with E-state index in [1.807, 2.05) is 32.0 Å². The van der Waals surface area contributed by atoms with Crippen molar-refractivity contribution >= 4 is 22.8 Å². The summed E-state index contributed by atoms with van der Waals surface area (Å²) in [5.74, 6) is -0.459. The molecule has 37 heavy (non-hydrogen) atoms. The molecule has 0 heterocycles. The van der Waals surface area contributed by atoms with Crippen molar-refractivity contribution in [1.29, 1.82) is 0 Å². The molecule has 0 aromatic heterocycles. The van der Waals surface area contributed by atoms with Crippen molar-refractivity contribution < 1.29 is 19.1 Å². The summed E-state index contributed by atoms with van der Waals surface area (Å²) >= 11 is 0. The lowest BCUT2D eigenvalue weighted by Gasteiger charge is -2.28. The second-order valence-electron chi connectivity index (χ2n) is 9.35. The Morgan fingerprint density at radius 3 is 1.70 bits per heavy atom. The average molecular weight is 512 g/mol. The lowest BCUT2D eigenvalue weighted by Crippen LogP contribution is -2.27. The first-order valence-corrected chi connectivity index (χ1v) is 13.4. The Balaban J connectivity index is 1.69. The highest BCUT2D eigenvalue weighted by atomic mass is 32.2. The summed E-state index contributed by atoms with van der Waals surface area (Å²) in [5, 5.41) is 0. The topological polar surface area (TPSA) is 52.6 Å². The molecular formula is C32H31O4S+. The third-order valence-corrected chi connectivity index (χ3v) is 8.24. The van der Waals surface area contributed by atoms with Gasteiger partial charge in [0.1, 0.15) is 11.4 Å². The first kappa shape index (κ1) is 26.2. The van der Waals surface area contributed by atoms with Gasteiger partial charge in [-0.3, -0.25) is 4.79 Å². The van der Waals surface area contributed by atoms with E-state index in [4.69, 9.17) is 9.47 Å². The molecule has 0 atom stereocenters.